The van der Waals surface area contributed by atoms with E-state index in [1.54, 1.807) is 6.07 Å². The van der Waals surface area contributed by atoms with Crippen molar-refractivity contribution in [3.8, 4) is 11.5 Å². The third-order valence-electron chi connectivity index (χ3n) is 3.13. The van der Waals surface area contributed by atoms with Gasteiger partial charge in [0.25, 0.3) is 0 Å². The Kier molecular flexibility index (Phi) is 2.01. The summed E-state index contributed by atoms with van der Waals surface area (Å²) in [6.45, 7) is 2.10. The smallest absolute Gasteiger partial charge is 0.129 e. The molecule has 3 aromatic rings. The number of nitrogens with one attached hydrogen (secondary N) is 1. The van der Waals surface area contributed by atoms with Crippen LogP contribution in [0.5, 0.6) is 11.5 Å². The van der Waals surface area contributed by atoms with Crippen LogP contribution in [0.2, 0.25) is 0 Å². The molecule has 17 heavy (non-hydrogen) atoms. The molecule has 1 heterocycles. The first-order valence-electron chi connectivity index (χ1n) is 5.65. The number of phenols is 2. The maximum Gasteiger partial charge on any atom is 0.129 e. The molecular formula is C14H13NO2. The molecule has 0 amide bonds. The van der Waals surface area contributed by atoms with Crippen LogP contribution in [0.4, 0.5) is 0 Å². The number of benzene rings is 2. The van der Waals surface area contributed by atoms with Gasteiger partial charge in [0.2, 0.25) is 0 Å². The average molecular weight is 227 g/mol. The predicted octanol–water partition coefficient (Wildman–Crippen LogP) is 3.29. The van der Waals surface area contributed by atoms with Gasteiger partial charge in [0, 0.05) is 28.4 Å². The molecule has 1 aromatic heterocycles. The van der Waals surface area contributed by atoms with E-state index in [-0.39, 0.29) is 11.5 Å². The second kappa shape index (κ2) is 3.42. The van der Waals surface area contributed by atoms with Crippen molar-refractivity contribution in [1.82, 2.24) is 4.98 Å². The van der Waals surface area contributed by atoms with Crippen molar-refractivity contribution >= 4 is 21.8 Å². The largest absolute Gasteiger partial charge is 0.508 e. The van der Waals surface area contributed by atoms with Crippen molar-refractivity contribution in [2.45, 2.75) is 13.3 Å². The number of aromatic hydroxyl groups is 2. The second-order valence-electron chi connectivity index (χ2n) is 4.25. The third-order valence-corrected chi connectivity index (χ3v) is 3.13. The monoisotopic (exact) mass is 227 g/mol. The van der Waals surface area contributed by atoms with Crippen LogP contribution in [-0.2, 0) is 6.42 Å². The summed E-state index contributed by atoms with van der Waals surface area (Å²) in [5.74, 6) is 0.178. The first kappa shape index (κ1) is 10.0. The Morgan fingerprint density at radius 3 is 2.65 bits per heavy atom. The zero-order valence-corrected chi connectivity index (χ0v) is 9.49. The lowest BCUT2D eigenvalue weighted by Crippen LogP contribution is -1.78. The normalized spacial score (nSPS) is 11.4. The number of aromatic amines is 1. The molecule has 0 spiro atoms. The van der Waals surface area contributed by atoms with Gasteiger partial charge in [-0.05, 0) is 24.1 Å². The quantitative estimate of drug-likeness (QED) is 0.597. The Morgan fingerprint density at radius 2 is 1.88 bits per heavy atom. The van der Waals surface area contributed by atoms with Crippen LogP contribution >= 0.6 is 0 Å². The Labute approximate surface area is 98.3 Å². The molecule has 0 radical (unpaired) electrons. The molecule has 0 aliphatic rings. The molecule has 3 nitrogen and oxygen atoms in total. The van der Waals surface area contributed by atoms with Gasteiger partial charge in [-0.25, -0.2) is 0 Å². The van der Waals surface area contributed by atoms with Crippen LogP contribution in [0.1, 0.15) is 12.5 Å². The minimum absolute atomic E-state index is 0.0669. The lowest BCUT2D eigenvalue weighted by Gasteiger charge is -1.99. The van der Waals surface area contributed by atoms with Crippen LogP contribution in [0, 0.1) is 0 Å². The van der Waals surface area contributed by atoms with Gasteiger partial charge < -0.3 is 15.2 Å². The Hall–Kier alpha value is -2.16. The summed E-state index contributed by atoms with van der Waals surface area (Å²) in [6, 6.07) is 9.14. The van der Waals surface area contributed by atoms with Crippen LogP contribution in [-0.4, -0.2) is 15.2 Å². The van der Waals surface area contributed by atoms with Crippen molar-refractivity contribution in [1.29, 1.82) is 0 Å². The standard InChI is InChI=1S/C14H13NO2/c1-2-8-3-4-11-10(5-8)14-12(15-11)6-9(16)7-13(14)17/h3-7,15-17H,2H2,1H3. The molecular weight excluding hydrogens is 214 g/mol. The van der Waals surface area contributed by atoms with E-state index >= 15 is 0 Å². The molecule has 0 aliphatic carbocycles. The molecule has 0 saturated heterocycles. The van der Waals surface area contributed by atoms with E-state index in [0.29, 0.717) is 0 Å². The fraction of sp³-hybridized carbons (Fsp3) is 0.143. The van der Waals surface area contributed by atoms with Gasteiger partial charge in [0.05, 0.1) is 5.52 Å². The molecule has 86 valence electrons. The van der Waals surface area contributed by atoms with E-state index in [1.807, 2.05) is 6.07 Å². The van der Waals surface area contributed by atoms with Gasteiger partial charge in [-0.1, -0.05) is 13.0 Å². The molecule has 0 aliphatic heterocycles. The number of hydrogen-bond acceptors (Lipinski definition) is 2. The van der Waals surface area contributed by atoms with Crippen LogP contribution in [0.3, 0.4) is 0 Å². The Balaban J connectivity index is 2.48. The molecule has 2 aromatic carbocycles. The highest BCUT2D eigenvalue weighted by atomic mass is 16.3. The molecule has 0 fully saturated rings. The fourth-order valence-electron chi connectivity index (χ4n) is 2.27. The fourth-order valence-corrected chi connectivity index (χ4v) is 2.27. The van der Waals surface area contributed by atoms with E-state index in [4.69, 9.17) is 0 Å². The summed E-state index contributed by atoms with van der Waals surface area (Å²) < 4.78 is 0. The number of rotatable bonds is 1. The first-order valence-corrected chi connectivity index (χ1v) is 5.65. The molecule has 3 heteroatoms. The summed E-state index contributed by atoms with van der Waals surface area (Å²) in [6.07, 6.45) is 0.960. The number of aryl methyl sites for hydroxylation is 1. The zero-order valence-electron chi connectivity index (χ0n) is 9.49. The van der Waals surface area contributed by atoms with E-state index in [2.05, 4.69) is 24.0 Å². The summed E-state index contributed by atoms with van der Waals surface area (Å²) >= 11 is 0. The number of hydrogen-bond donors (Lipinski definition) is 3. The van der Waals surface area contributed by atoms with Crippen molar-refractivity contribution < 1.29 is 10.2 Å². The summed E-state index contributed by atoms with van der Waals surface area (Å²) in [4.78, 5) is 3.19. The van der Waals surface area contributed by atoms with Crippen molar-refractivity contribution in [2.75, 3.05) is 0 Å². The number of aromatic nitrogens is 1. The van der Waals surface area contributed by atoms with Crippen molar-refractivity contribution in [3.63, 3.8) is 0 Å². The minimum Gasteiger partial charge on any atom is -0.508 e. The minimum atomic E-state index is 0.0669. The van der Waals surface area contributed by atoms with Crippen molar-refractivity contribution in [3.05, 3.63) is 35.9 Å². The van der Waals surface area contributed by atoms with Gasteiger partial charge in [0.1, 0.15) is 11.5 Å². The first-order chi connectivity index (χ1) is 8.19. The summed E-state index contributed by atoms with van der Waals surface area (Å²) in [5.41, 5.74) is 2.95. The van der Waals surface area contributed by atoms with Gasteiger partial charge >= 0.3 is 0 Å². The molecule has 0 atom stereocenters. The van der Waals surface area contributed by atoms with Gasteiger partial charge in [-0.2, -0.15) is 0 Å². The van der Waals surface area contributed by atoms with E-state index in [0.717, 1.165) is 28.2 Å². The highest BCUT2D eigenvalue weighted by molar-refractivity contribution is 6.10. The SMILES string of the molecule is CCc1ccc2[nH]c3cc(O)cc(O)c3c2c1. The summed E-state index contributed by atoms with van der Waals surface area (Å²) in [7, 11) is 0. The van der Waals surface area contributed by atoms with Gasteiger partial charge in [-0.3, -0.25) is 0 Å². The van der Waals surface area contributed by atoms with E-state index in [1.165, 1.54) is 11.6 Å². The highest BCUT2D eigenvalue weighted by Crippen LogP contribution is 2.35. The molecule has 0 bridgehead atoms. The number of phenolic OH excluding ortho intramolecular Hbond substituents is 2. The summed E-state index contributed by atoms with van der Waals surface area (Å²) in [5, 5.41) is 21.1. The van der Waals surface area contributed by atoms with Crippen LogP contribution in [0.25, 0.3) is 21.8 Å². The highest BCUT2D eigenvalue weighted by Gasteiger charge is 2.10. The lowest BCUT2D eigenvalue weighted by atomic mass is 10.1. The molecule has 0 unspecified atom stereocenters. The maximum atomic E-state index is 9.92. The third kappa shape index (κ3) is 1.43. The number of H-pyrrole nitrogens is 1. The molecule has 0 saturated carbocycles. The maximum absolute atomic E-state index is 9.92. The second-order valence-corrected chi connectivity index (χ2v) is 4.25. The predicted molar refractivity (Wildman–Crippen MR) is 68.5 cm³/mol. The lowest BCUT2D eigenvalue weighted by molar-refractivity contribution is 0.455. The zero-order chi connectivity index (χ0) is 12.0. The molecule has 3 rings (SSSR count). The van der Waals surface area contributed by atoms with Crippen LogP contribution < -0.4 is 0 Å². The van der Waals surface area contributed by atoms with Crippen LogP contribution in [0.15, 0.2) is 30.3 Å². The van der Waals surface area contributed by atoms with Crippen molar-refractivity contribution in [2.24, 2.45) is 0 Å². The Bertz CT molecular complexity index is 713. The topological polar surface area (TPSA) is 56.2 Å². The Morgan fingerprint density at radius 1 is 1.06 bits per heavy atom. The average Bonchev–Trinajstić information content (AvgIpc) is 2.65. The van der Waals surface area contributed by atoms with Gasteiger partial charge in [-0.15, -0.1) is 0 Å². The van der Waals surface area contributed by atoms with E-state index in [9.17, 15) is 10.2 Å². The van der Waals surface area contributed by atoms with E-state index < -0.39 is 0 Å². The molecule has 3 N–H and O–H groups in total. The van der Waals surface area contributed by atoms with Gasteiger partial charge in [0.15, 0.2) is 0 Å². The number of fused-ring (bicyclic) bond motifs is 3.